The SMILES string of the molecule is CCOc1cc(C(C)(C)C)ccc1C1=N[C@H](c2ccc(Cl)cc2)[C@H](c2ccc(Cl)cc2)N1C(=O)N1CCN(CCCCCCC(=O)NO)CC1. The van der Waals surface area contributed by atoms with Gasteiger partial charge in [-0.15, -0.1) is 0 Å². The summed E-state index contributed by atoms with van der Waals surface area (Å²) in [4.78, 5) is 37.7. The van der Waals surface area contributed by atoms with Gasteiger partial charge in [-0.3, -0.25) is 24.8 Å². The number of piperazine rings is 1. The highest BCUT2D eigenvalue weighted by Gasteiger charge is 2.45. The van der Waals surface area contributed by atoms with E-state index in [-0.39, 0.29) is 17.4 Å². The van der Waals surface area contributed by atoms with Crippen molar-refractivity contribution < 1.29 is 19.5 Å². The van der Waals surface area contributed by atoms with E-state index in [9.17, 15) is 9.59 Å². The van der Waals surface area contributed by atoms with Crippen LogP contribution in [0.4, 0.5) is 4.79 Å². The number of hydroxylamine groups is 1. The molecule has 0 radical (unpaired) electrons. The Labute approximate surface area is 306 Å². The average molecular weight is 723 g/mol. The largest absolute Gasteiger partial charge is 0.493 e. The van der Waals surface area contributed by atoms with Gasteiger partial charge in [-0.25, -0.2) is 10.3 Å². The van der Waals surface area contributed by atoms with E-state index >= 15 is 0 Å². The molecule has 2 aliphatic rings. The van der Waals surface area contributed by atoms with E-state index < -0.39 is 12.1 Å². The maximum Gasteiger partial charge on any atom is 0.326 e. The molecule has 3 aromatic rings. The monoisotopic (exact) mass is 721 g/mol. The van der Waals surface area contributed by atoms with E-state index in [4.69, 9.17) is 38.1 Å². The molecule has 3 amide bonds. The van der Waals surface area contributed by atoms with Crippen molar-refractivity contribution in [2.24, 2.45) is 4.99 Å². The zero-order valence-corrected chi connectivity index (χ0v) is 31.0. The van der Waals surface area contributed by atoms with Crippen LogP contribution in [0, 0.1) is 0 Å². The molecule has 3 aromatic carbocycles. The number of amidine groups is 1. The third-order valence-corrected chi connectivity index (χ3v) is 9.98. The van der Waals surface area contributed by atoms with E-state index in [0.29, 0.717) is 47.7 Å². The van der Waals surface area contributed by atoms with Crippen LogP contribution in [-0.4, -0.2) is 77.0 Å². The quantitative estimate of drug-likeness (QED) is 0.111. The van der Waals surface area contributed by atoms with Crippen LogP contribution in [0.25, 0.3) is 0 Å². The number of amides is 3. The number of benzene rings is 3. The Kier molecular flexibility index (Phi) is 12.8. The van der Waals surface area contributed by atoms with Gasteiger partial charge in [0.2, 0.25) is 5.91 Å². The molecular weight excluding hydrogens is 673 g/mol. The first-order valence-corrected chi connectivity index (χ1v) is 18.4. The minimum Gasteiger partial charge on any atom is -0.493 e. The zero-order chi connectivity index (χ0) is 35.8. The first-order valence-electron chi connectivity index (χ1n) is 17.6. The van der Waals surface area contributed by atoms with Gasteiger partial charge in [-0.2, -0.15) is 0 Å². The van der Waals surface area contributed by atoms with E-state index in [0.717, 1.165) is 67.6 Å². The summed E-state index contributed by atoms with van der Waals surface area (Å²) in [5, 5.41) is 9.94. The lowest BCUT2D eigenvalue weighted by atomic mass is 9.86. The van der Waals surface area contributed by atoms with Crippen molar-refractivity contribution in [3.63, 3.8) is 0 Å². The molecular formula is C39H49Cl2N5O4. The first kappa shape index (κ1) is 37.6. The molecule has 0 aromatic heterocycles. The first-order chi connectivity index (χ1) is 24.0. The molecule has 11 heteroatoms. The van der Waals surface area contributed by atoms with Gasteiger partial charge in [0, 0.05) is 42.6 Å². The molecule has 0 aliphatic carbocycles. The second kappa shape index (κ2) is 17.1. The Morgan fingerprint density at radius 1 is 0.880 bits per heavy atom. The van der Waals surface area contributed by atoms with Crippen molar-refractivity contribution in [1.82, 2.24) is 20.2 Å². The number of hydrogen-bond acceptors (Lipinski definition) is 6. The van der Waals surface area contributed by atoms with Crippen molar-refractivity contribution in [2.45, 2.75) is 77.3 Å². The van der Waals surface area contributed by atoms with Gasteiger partial charge < -0.3 is 9.64 Å². The fraction of sp³-hybridized carbons (Fsp3) is 0.462. The lowest BCUT2D eigenvalue weighted by Gasteiger charge is -2.39. The number of unbranched alkanes of at least 4 members (excludes halogenated alkanes) is 3. The third kappa shape index (κ3) is 9.18. The number of carbonyl (C=O) groups is 2. The normalized spacial score (nSPS) is 18.3. The van der Waals surface area contributed by atoms with Crippen LogP contribution in [0.15, 0.2) is 71.7 Å². The predicted molar refractivity (Wildman–Crippen MR) is 199 cm³/mol. The highest BCUT2D eigenvalue weighted by Crippen LogP contribution is 2.46. The van der Waals surface area contributed by atoms with E-state index in [2.05, 4.69) is 37.8 Å². The molecule has 1 fully saturated rings. The average Bonchev–Trinajstić information content (AvgIpc) is 3.50. The van der Waals surface area contributed by atoms with Crippen LogP contribution in [0.1, 0.15) is 94.1 Å². The lowest BCUT2D eigenvalue weighted by Crippen LogP contribution is -2.54. The highest BCUT2D eigenvalue weighted by molar-refractivity contribution is 6.30. The van der Waals surface area contributed by atoms with E-state index in [1.54, 1.807) is 5.48 Å². The van der Waals surface area contributed by atoms with Crippen LogP contribution < -0.4 is 10.2 Å². The van der Waals surface area contributed by atoms with Gasteiger partial charge in [-0.05, 0) is 84.8 Å². The lowest BCUT2D eigenvalue weighted by molar-refractivity contribution is -0.129. The number of nitrogens with zero attached hydrogens (tertiary/aromatic N) is 4. The fourth-order valence-electron chi connectivity index (χ4n) is 6.65. The molecule has 5 rings (SSSR count). The summed E-state index contributed by atoms with van der Waals surface area (Å²) in [6.45, 7) is 12.6. The van der Waals surface area contributed by atoms with Gasteiger partial charge in [-0.1, -0.05) is 87.1 Å². The van der Waals surface area contributed by atoms with Crippen LogP contribution in [0.5, 0.6) is 5.75 Å². The highest BCUT2D eigenvalue weighted by atomic mass is 35.5. The topological polar surface area (TPSA) is 97.7 Å². The summed E-state index contributed by atoms with van der Waals surface area (Å²) in [7, 11) is 0. The molecule has 1 saturated heterocycles. The molecule has 2 atom stereocenters. The summed E-state index contributed by atoms with van der Waals surface area (Å²) in [6.07, 6.45) is 4.05. The molecule has 268 valence electrons. The minimum absolute atomic E-state index is 0.0921. The summed E-state index contributed by atoms with van der Waals surface area (Å²) >= 11 is 12.7. The van der Waals surface area contributed by atoms with Crippen molar-refractivity contribution in [3.8, 4) is 5.75 Å². The summed E-state index contributed by atoms with van der Waals surface area (Å²) in [5.74, 6) is 0.937. The number of ether oxygens (including phenoxy) is 1. The zero-order valence-electron chi connectivity index (χ0n) is 29.5. The molecule has 0 spiro atoms. The Balaban J connectivity index is 1.45. The molecule has 9 nitrogen and oxygen atoms in total. The minimum atomic E-state index is -0.432. The molecule has 2 aliphatic heterocycles. The van der Waals surface area contributed by atoms with Crippen LogP contribution in [-0.2, 0) is 10.2 Å². The fourth-order valence-corrected chi connectivity index (χ4v) is 6.90. The van der Waals surface area contributed by atoms with Crippen LogP contribution in [0.3, 0.4) is 0 Å². The maximum absolute atomic E-state index is 14.9. The molecule has 0 unspecified atom stereocenters. The molecule has 2 N–H and O–H groups in total. The van der Waals surface area contributed by atoms with Gasteiger partial charge in [0.15, 0.2) is 0 Å². The van der Waals surface area contributed by atoms with Gasteiger partial charge in [0.1, 0.15) is 17.6 Å². The smallest absolute Gasteiger partial charge is 0.326 e. The standard InChI is InChI=1S/C39H49Cl2N5O4/c1-5-50-33-26-29(39(2,3)4)15-20-32(33)37-42-35(27-11-16-30(40)17-12-27)36(28-13-18-31(41)19-14-28)46(37)38(48)45-24-22-44(23-25-45)21-9-7-6-8-10-34(47)43-49/h11-20,26,35-36,49H,5-10,21-25H2,1-4H3,(H,43,47)/t35-,36+/m1/s1. The number of hydrogen-bond donors (Lipinski definition) is 2. The number of halogens is 2. The Morgan fingerprint density at radius 2 is 1.50 bits per heavy atom. The molecule has 50 heavy (non-hydrogen) atoms. The summed E-state index contributed by atoms with van der Waals surface area (Å²) < 4.78 is 6.26. The van der Waals surface area contributed by atoms with Crippen LogP contribution in [0.2, 0.25) is 10.0 Å². The second-order valence-electron chi connectivity index (χ2n) is 14.0. The van der Waals surface area contributed by atoms with Gasteiger partial charge in [0.25, 0.3) is 0 Å². The van der Waals surface area contributed by atoms with Gasteiger partial charge >= 0.3 is 6.03 Å². The van der Waals surface area contributed by atoms with Crippen molar-refractivity contribution in [1.29, 1.82) is 0 Å². The second-order valence-corrected chi connectivity index (χ2v) is 14.9. The Morgan fingerprint density at radius 3 is 2.10 bits per heavy atom. The molecule has 0 saturated carbocycles. The maximum atomic E-state index is 14.9. The number of carbonyl (C=O) groups excluding carboxylic acids is 2. The third-order valence-electron chi connectivity index (χ3n) is 9.48. The van der Waals surface area contributed by atoms with Crippen LogP contribution >= 0.6 is 23.2 Å². The Bertz CT molecular complexity index is 1630. The van der Waals surface area contributed by atoms with Gasteiger partial charge in [0.05, 0.1) is 18.2 Å². The van der Waals surface area contributed by atoms with E-state index in [1.807, 2.05) is 71.3 Å². The molecule has 0 bridgehead atoms. The number of urea groups is 1. The van der Waals surface area contributed by atoms with Crippen molar-refractivity contribution in [3.05, 3.63) is 99.0 Å². The predicted octanol–water partition coefficient (Wildman–Crippen LogP) is 8.43. The number of aliphatic imine (C=N–C) groups is 1. The summed E-state index contributed by atoms with van der Waals surface area (Å²) in [6, 6.07) is 20.7. The number of nitrogens with one attached hydrogen (secondary N) is 1. The van der Waals surface area contributed by atoms with E-state index in [1.165, 1.54) is 0 Å². The Hall–Kier alpha value is -3.63. The summed E-state index contributed by atoms with van der Waals surface area (Å²) in [5.41, 5.74) is 5.39. The van der Waals surface area contributed by atoms with Crippen molar-refractivity contribution in [2.75, 3.05) is 39.3 Å². The molecule has 2 heterocycles. The van der Waals surface area contributed by atoms with Crippen molar-refractivity contribution >= 4 is 41.0 Å². The number of rotatable bonds is 12.